The van der Waals surface area contributed by atoms with Crippen molar-refractivity contribution < 1.29 is 14.3 Å². The van der Waals surface area contributed by atoms with Gasteiger partial charge in [0.25, 0.3) is 11.5 Å². The van der Waals surface area contributed by atoms with Crippen molar-refractivity contribution in [2.24, 2.45) is 14.1 Å². The van der Waals surface area contributed by atoms with Crippen molar-refractivity contribution in [1.82, 2.24) is 14.1 Å². The third-order valence-electron chi connectivity index (χ3n) is 4.94. The van der Waals surface area contributed by atoms with Crippen molar-refractivity contribution in [3.63, 3.8) is 0 Å². The Balaban J connectivity index is 1.87. The van der Waals surface area contributed by atoms with Crippen molar-refractivity contribution in [3.8, 4) is 11.5 Å². The van der Waals surface area contributed by atoms with E-state index in [0.717, 1.165) is 16.6 Å². The summed E-state index contributed by atoms with van der Waals surface area (Å²) >= 11 is 0. The number of ether oxygens (including phenoxy) is 2. The van der Waals surface area contributed by atoms with E-state index in [0.29, 0.717) is 29.2 Å². The molecule has 1 amide bonds. The molecule has 2 aromatic heterocycles. The Morgan fingerprint density at radius 2 is 1.93 bits per heavy atom. The van der Waals surface area contributed by atoms with Crippen LogP contribution in [-0.2, 0) is 20.5 Å². The van der Waals surface area contributed by atoms with Crippen LogP contribution in [-0.4, -0.2) is 26.8 Å². The molecule has 1 aliphatic heterocycles. The van der Waals surface area contributed by atoms with E-state index in [2.05, 4.69) is 10.3 Å². The molecule has 9 nitrogen and oxygen atoms in total. The first-order valence-electron chi connectivity index (χ1n) is 9.21. The molecule has 1 aliphatic rings. The van der Waals surface area contributed by atoms with Gasteiger partial charge in [-0.05, 0) is 30.2 Å². The molecule has 9 heteroatoms. The second-order valence-corrected chi connectivity index (χ2v) is 6.83. The molecule has 0 bridgehead atoms. The molecule has 0 aliphatic carbocycles. The Labute approximate surface area is 165 Å². The Bertz CT molecular complexity index is 1260. The van der Waals surface area contributed by atoms with Crippen LogP contribution in [0, 0.1) is 0 Å². The Hall–Kier alpha value is -3.62. The Morgan fingerprint density at radius 3 is 2.69 bits per heavy atom. The molecule has 1 N–H and O–H groups in total. The number of nitrogens with zero attached hydrogens (tertiary/aromatic N) is 3. The highest BCUT2D eigenvalue weighted by molar-refractivity contribution is 6.09. The lowest BCUT2D eigenvalue weighted by Gasteiger charge is -2.15. The second kappa shape index (κ2) is 7.08. The number of rotatable bonds is 4. The summed E-state index contributed by atoms with van der Waals surface area (Å²) in [5.41, 5.74) is 0.698. The molecule has 3 heterocycles. The van der Waals surface area contributed by atoms with Gasteiger partial charge in [0.1, 0.15) is 5.39 Å². The summed E-state index contributed by atoms with van der Waals surface area (Å²) in [4.78, 5) is 42.4. The minimum Gasteiger partial charge on any atom is -0.454 e. The molecular formula is C20H20N4O5. The third kappa shape index (κ3) is 3.04. The monoisotopic (exact) mass is 396 g/mol. The van der Waals surface area contributed by atoms with Crippen molar-refractivity contribution in [3.05, 3.63) is 56.4 Å². The minimum atomic E-state index is -0.505. The zero-order valence-corrected chi connectivity index (χ0v) is 16.3. The summed E-state index contributed by atoms with van der Waals surface area (Å²) in [6.07, 6.45) is 3.01. The molecule has 0 saturated heterocycles. The number of carbonyl (C=O) groups is 1. The summed E-state index contributed by atoms with van der Waals surface area (Å²) in [6, 6.07) is 4.88. The number of carbonyl (C=O) groups excluding carboxylic acids is 1. The maximum absolute atomic E-state index is 13.0. The lowest BCUT2D eigenvalue weighted by molar-refractivity contribution is 0.102. The number of fused-ring (bicyclic) bond motifs is 2. The number of hydrogen-bond acceptors (Lipinski definition) is 6. The van der Waals surface area contributed by atoms with E-state index in [4.69, 9.17) is 9.47 Å². The van der Waals surface area contributed by atoms with E-state index in [1.807, 2.05) is 6.92 Å². The Morgan fingerprint density at radius 1 is 1.17 bits per heavy atom. The second-order valence-electron chi connectivity index (χ2n) is 6.83. The molecule has 0 spiro atoms. The van der Waals surface area contributed by atoms with Crippen molar-refractivity contribution >= 4 is 22.6 Å². The molecule has 0 saturated carbocycles. The highest BCUT2D eigenvalue weighted by Crippen LogP contribution is 2.33. The minimum absolute atomic E-state index is 0.111. The number of nitrogens with one attached hydrogen (secondary N) is 1. The SMILES string of the molecule is CCCc1cnc2c(c1NC(=O)c1ccc3c(c1)OCO3)c(=O)n(C)c(=O)n2C. The summed E-state index contributed by atoms with van der Waals surface area (Å²) in [7, 11) is 2.94. The van der Waals surface area contributed by atoms with Crippen LogP contribution in [0.25, 0.3) is 11.0 Å². The fraction of sp³-hybridized carbons (Fsp3) is 0.300. The predicted molar refractivity (Wildman–Crippen MR) is 107 cm³/mol. The highest BCUT2D eigenvalue weighted by atomic mass is 16.7. The summed E-state index contributed by atoms with van der Waals surface area (Å²) in [6.45, 7) is 2.10. The lowest BCUT2D eigenvalue weighted by atomic mass is 10.1. The van der Waals surface area contributed by atoms with Crippen molar-refractivity contribution in [1.29, 1.82) is 0 Å². The maximum Gasteiger partial charge on any atom is 0.332 e. The number of amides is 1. The summed E-state index contributed by atoms with van der Waals surface area (Å²) in [5, 5.41) is 3.06. The highest BCUT2D eigenvalue weighted by Gasteiger charge is 2.21. The molecule has 0 atom stereocenters. The fourth-order valence-corrected chi connectivity index (χ4v) is 3.39. The standard InChI is InChI=1S/C20H20N4O5/c1-4-5-12-9-21-17-15(19(26)24(3)20(27)23(17)2)16(12)22-18(25)11-6-7-13-14(8-11)29-10-28-13/h6-9H,4-5,10H2,1-3H3,(H,21,22,25). The van der Waals surface area contributed by atoms with Gasteiger partial charge in [-0.2, -0.15) is 0 Å². The van der Waals surface area contributed by atoms with Gasteiger partial charge in [-0.3, -0.25) is 18.7 Å². The van der Waals surface area contributed by atoms with Crippen LogP contribution in [0.5, 0.6) is 11.5 Å². The molecule has 1 aromatic carbocycles. The first kappa shape index (κ1) is 18.7. The third-order valence-corrected chi connectivity index (χ3v) is 4.94. The zero-order chi connectivity index (χ0) is 20.7. The largest absolute Gasteiger partial charge is 0.454 e. The number of benzene rings is 1. The number of aryl methyl sites for hydroxylation is 2. The van der Waals surface area contributed by atoms with Gasteiger partial charge in [0.2, 0.25) is 6.79 Å². The molecule has 29 heavy (non-hydrogen) atoms. The molecule has 3 aromatic rings. The molecule has 0 fully saturated rings. The zero-order valence-electron chi connectivity index (χ0n) is 16.3. The average molecular weight is 396 g/mol. The number of anilines is 1. The molecule has 0 radical (unpaired) electrons. The van der Waals surface area contributed by atoms with Crippen LogP contribution in [0.3, 0.4) is 0 Å². The van der Waals surface area contributed by atoms with Crippen LogP contribution < -0.4 is 26.0 Å². The number of aromatic nitrogens is 3. The van der Waals surface area contributed by atoms with Crippen LogP contribution in [0.1, 0.15) is 29.3 Å². The van der Waals surface area contributed by atoms with Gasteiger partial charge in [0, 0.05) is 25.9 Å². The Kier molecular flexibility index (Phi) is 4.57. The normalized spacial score (nSPS) is 12.4. The first-order chi connectivity index (χ1) is 13.9. The molecule has 4 rings (SSSR count). The first-order valence-corrected chi connectivity index (χ1v) is 9.21. The quantitative estimate of drug-likeness (QED) is 0.718. The van der Waals surface area contributed by atoms with Gasteiger partial charge < -0.3 is 14.8 Å². The summed E-state index contributed by atoms with van der Waals surface area (Å²) < 4.78 is 12.9. The van der Waals surface area contributed by atoms with E-state index in [-0.39, 0.29) is 17.8 Å². The van der Waals surface area contributed by atoms with Gasteiger partial charge in [-0.25, -0.2) is 9.78 Å². The van der Waals surface area contributed by atoms with E-state index in [9.17, 15) is 14.4 Å². The van der Waals surface area contributed by atoms with Gasteiger partial charge in [-0.15, -0.1) is 0 Å². The predicted octanol–water partition coefficient (Wildman–Crippen LogP) is 1.57. The van der Waals surface area contributed by atoms with Gasteiger partial charge in [0.05, 0.1) is 5.69 Å². The fourth-order valence-electron chi connectivity index (χ4n) is 3.39. The van der Waals surface area contributed by atoms with Crippen LogP contribution in [0.15, 0.2) is 34.0 Å². The lowest BCUT2D eigenvalue weighted by Crippen LogP contribution is -2.38. The number of pyridine rings is 1. The van der Waals surface area contributed by atoms with E-state index in [1.54, 1.807) is 31.4 Å². The van der Waals surface area contributed by atoms with E-state index < -0.39 is 17.2 Å². The number of hydrogen-bond donors (Lipinski definition) is 1. The average Bonchev–Trinajstić information content (AvgIpc) is 3.19. The van der Waals surface area contributed by atoms with Crippen LogP contribution in [0.2, 0.25) is 0 Å². The van der Waals surface area contributed by atoms with Crippen LogP contribution in [0.4, 0.5) is 5.69 Å². The van der Waals surface area contributed by atoms with Crippen molar-refractivity contribution in [2.75, 3.05) is 12.1 Å². The maximum atomic E-state index is 13.0. The molecule has 0 unspecified atom stereocenters. The molecular weight excluding hydrogens is 376 g/mol. The van der Waals surface area contributed by atoms with Gasteiger partial charge >= 0.3 is 5.69 Å². The van der Waals surface area contributed by atoms with Crippen molar-refractivity contribution in [2.45, 2.75) is 19.8 Å². The van der Waals surface area contributed by atoms with Gasteiger partial charge in [0.15, 0.2) is 17.1 Å². The van der Waals surface area contributed by atoms with Crippen LogP contribution >= 0.6 is 0 Å². The van der Waals surface area contributed by atoms with E-state index >= 15 is 0 Å². The van der Waals surface area contributed by atoms with Gasteiger partial charge in [-0.1, -0.05) is 13.3 Å². The smallest absolute Gasteiger partial charge is 0.332 e. The topological polar surface area (TPSA) is 104 Å². The van der Waals surface area contributed by atoms with E-state index in [1.165, 1.54) is 11.6 Å². The molecule has 150 valence electrons. The summed E-state index contributed by atoms with van der Waals surface area (Å²) in [5.74, 6) is 0.667.